The molecule has 86 valence electrons. The summed E-state index contributed by atoms with van der Waals surface area (Å²) in [4.78, 5) is 26.1. The monoisotopic (exact) mass is 287 g/mol. The van der Waals surface area contributed by atoms with Gasteiger partial charge in [-0.25, -0.2) is 10.3 Å². The topological polar surface area (TPSA) is 75.6 Å². The maximum absolute atomic E-state index is 11.5. The Morgan fingerprint density at radius 2 is 2.19 bits per heavy atom. The molecule has 5 nitrogen and oxygen atoms in total. The minimum Gasteiger partial charge on any atom is -0.479 e. The van der Waals surface area contributed by atoms with Crippen LogP contribution in [0, 0.1) is 6.92 Å². The highest BCUT2D eigenvalue weighted by molar-refractivity contribution is 9.10. The molecule has 16 heavy (non-hydrogen) atoms. The van der Waals surface area contributed by atoms with Crippen LogP contribution in [0.2, 0.25) is 0 Å². The zero-order valence-corrected chi connectivity index (χ0v) is 10.1. The van der Waals surface area contributed by atoms with E-state index in [9.17, 15) is 9.59 Å². The summed E-state index contributed by atoms with van der Waals surface area (Å²) in [6.45, 7) is 1.32. The van der Waals surface area contributed by atoms with E-state index >= 15 is 0 Å². The molecule has 0 heterocycles. The zero-order valence-electron chi connectivity index (χ0n) is 8.49. The minimum atomic E-state index is -1.15. The number of benzene rings is 1. The van der Waals surface area contributed by atoms with Crippen LogP contribution in [0.3, 0.4) is 0 Å². The van der Waals surface area contributed by atoms with Gasteiger partial charge in [-0.15, -0.1) is 0 Å². The first-order valence-electron chi connectivity index (χ1n) is 4.41. The zero-order chi connectivity index (χ0) is 12.1. The number of hydroxylamine groups is 1. The summed E-state index contributed by atoms with van der Waals surface area (Å²) in [5, 5.41) is 8.30. The highest BCUT2D eigenvalue weighted by Crippen LogP contribution is 2.17. The fourth-order valence-electron chi connectivity index (χ4n) is 1.02. The number of hydrogen-bond donors (Lipinski definition) is 2. The molecule has 0 radical (unpaired) electrons. The van der Waals surface area contributed by atoms with Crippen molar-refractivity contribution in [2.75, 3.05) is 6.61 Å². The van der Waals surface area contributed by atoms with E-state index in [-0.39, 0.29) is 0 Å². The lowest BCUT2D eigenvalue weighted by Crippen LogP contribution is -2.26. The molecule has 2 N–H and O–H groups in total. The summed E-state index contributed by atoms with van der Waals surface area (Å²) < 4.78 is 0.629. The maximum Gasteiger partial charge on any atom is 0.332 e. The molecule has 6 heteroatoms. The third-order valence-electron chi connectivity index (χ3n) is 1.73. The van der Waals surface area contributed by atoms with Gasteiger partial charge in [0.2, 0.25) is 0 Å². The number of hydrogen-bond acceptors (Lipinski definition) is 3. The third kappa shape index (κ3) is 3.63. The molecule has 1 aromatic rings. The van der Waals surface area contributed by atoms with Crippen molar-refractivity contribution in [3.8, 4) is 0 Å². The van der Waals surface area contributed by atoms with Crippen molar-refractivity contribution in [2.45, 2.75) is 6.92 Å². The van der Waals surface area contributed by atoms with Crippen molar-refractivity contribution in [3.05, 3.63) is 33.8 Å². The van der Waals surface area contributed by atoms with E-state index in [1.165, 1.54) is 0 Å². The fraction of sp³-hybridized carbons (Fsp3) is 0.200. The van der Waals surface area contributed by atoms with Crippen LogP contribution in [-0.4, -0.2) is 23.6 Å². The lowest BCUT2D eigenvalue weighted by atomic mass is 10.1. The van der Waals surface area contributed by atoms with E-state index in [1.54, 1.807) is 18.2 Å². The van der Waals surface area contributed by atoms with Crippen LogP contribution in [0.4, 0.5) is 0 Å². The number of carbonyl (C=O) groups is 2. The molecular formula is C10H10BrNO4. The summed E-state index contributed by atoms with van der Waals surface area (Å²) in [6, 6.07) is 5.18. The second-order valence-electron chi connectivity index (χ2n) is 3.10. The first-order valence-corrected chi connectivity index (χ1v) is 5.20. The van der Waals surface area contributed by atoms with Crippen molar-refractivity contribution in [3.63, 3.8) is 0 Å². The number of nitrogens with one attached hydrogen (secondary N) is 1. The molecule has 0 unspecified atom stereocenters. The van der Waals surface area contributed by atoms with Gasteiger partial charge < -0.3 is 5.11 Å². The van der Waals surface area contributed by atoms with Crippen molar-refractivity contribution in [1.82, 2.24) is 5.48 Å². The van der Waals surface area contributed by atoms with Gasteiger partial charge in [0.1, 0.15) is 0 Å². The van der Waals surface area contributed by atoms with Gasteiger partial charge in [-0.2, -0.15) is 0 Å². The van der Waals surface area contributed by atoms with Crippen LogP contribution >= 0.6 is 15.9 Å². The number of halogens is 1. The molecule has 0 aliphatic heterocycles. The van der Waals surface area contributed by atoms with Crippen LogP contribution in [0.5, 0.6) is 0 Å². The summed E-state index contributed by atoms with van der Waals surface area (Å²) in [7, 11) is 0. The van der Waals surface area contributed by atoms with Gasteiger partial charge in [0.05, 0.1) is 5.56 Å². The van der Waals surface area contributed by atoms with Crippen molar-refractivity contribution < 1.29 is 19.5 Å². The van der Waals surface area contributed by atoms with Crippen LogP contribution < -0.4 is 5.48 Å². The molecule has 0 aromatic heterocycles. The van der Waals surface area contributed by atoms with E-state index in [0.717, 1.165) is 5.56 Å². The number of aliphatic carboxylic acids is 1. The van der Waals surface area contributed by atoms with Crippen LogP contribution in [0.1, 0.15) is 15.9 Å². The Balaban J connectivity index is 2.63. The molecule has 0 spiro atoms. The average Bonchev–Trinajstić information content (AvgIpc) is 2.16. The molecule has 1 aromatic carbocycles. The summed E-state index contributed by atoms with van der Waals surface area (Å²) in [5.41, 5.74) is 3.44. The third-order valence-corrected chi connectivity index (χ3v) is 2.39. The molecule has 1 amide bonds. The molecule has 0 aliphatic carbocycles. The lowest BCUT2D eigenvalue weighted by Gasteiger charge is -2.06. The Morgan fingerprint density at radius 3 is 2.75 bits per heavy atom. The van der Waals surface area contributed by atoms with Gasteiger partial charge in [-0.1, -0.05) is 6.07 Å². The Hall–Kier alpha value is -1.40. The normalized spacial score (nSPS) is 9.88. The van der Waals surface area contributed by atoms with E-state index in [2.05, 4.69) is 20.8 Å². The molecule has 0 atom stereocenters. The molecule has 0 aliphatic rings. The predicted octanol–water partition coefficient (Wildman–Crippen LogP) is 1.50. The standard InChI is InChI=1S/C10H10BrNO4/c1-6-2-3-7(8(11)4-6)10(15)12-16-5-9(13)14/h2-4H,5H2,1H3,(H,12,15)(H,13,14). The SMILES string of the molecule is Cc1ccc(C(=O)NOCC(=O)O)c(Br)c1. The lowest BCUT2D eigenvalue weighted by molar-refractivity contribution is -0.144. The van der Waals surface area contributed by atoms with Crippen molar-refractivity contribution >= 4 is 27.8 Å². The smallest absolute Gasteiger partial charge is 0.332 e. The number of aryl methyl sites for hydroxylation is 1. The van der Waals surface area contributed by atoms with Gasteiger partial charge in [-0.05, 0) is 40.5 Å². The molecular weight excluding hydrogens is 278 g/mol. The first-order chi connectivity index (χ1) is 7.50. The minimum absolute atomic E-state index is 0.385. The molecule has 0 bridgehead atoms. The van der Waals surface area contributed by atoms with E-state index < -0.39 is 18.5 Å². The average molecular weight is 288 g/mol. The van der Waals surface area contributed by atoms with Crippen LogP contribution in [0.25, 0.3) is 0 Å². The predicted molar refractivity (Wildman–Crippen MR) is 59.9 cm³/mol. The molecule has 0 fully saturated rings. The maximum atomic E-state index is 11.5. The number of carboxylic acids is 1. The van der Waals surface area contributed by atoms with Crippen molar-refractivity contribution in [1.29, 1.82) is 0 Å². The number of carboxylic acid groups (broad SMARTS) is 1. The fourth-order valence-corrected chi connectivity index (χ4v) is 1.70. The number of amides is 1. The molecule has 1 rings (SSSR count). The van der Waals surface area contributed by atoms with Gasteiger partial charge in [0.15, 0.2) is 6.61 Å². The first kappa shape index (κ1) is 12.7. The molecule has 0 saturated carbocycles. The van der Waals surface area contributed by atoms with Gasteiger partial charge in [-0.3, -0.25) is 9.63 Å². The van der Waals surface area contributed by atoms with E-state index in [1.807, 2.05) is 12.4 Å². The van der Waals surface area contributed by atoms with Gasteiger partial charge in [0.25, 0.3) is 5.91 Å². The number of carbonyl (C=O) groups excluding carboxylic acids is 1. The van der Waals surface area contributed by atoms with Crippen molar-refractivity contribution in [2.24, 2.45) is 0 Å². The second-order valence-corrected chi connectivity index (χ2v) is 3.95. The quantitative estimate of drug-likeness (QED) is 0.823. The van der Waals surface area contributed by atoms with E-state index in [0.29, 0.717) is 10.0 Å². The summed E-state index contributed by atoms with van der Waals surface area (Å²) >= 11 is 3.24. The Labute approximate surface area is 100 Å². The number of rotatable bonds is 4. The van der Waals surface area contributed by atoms with Crippen LogP contribution in [0.15, 0.2) is 22.7 Å². The van der Waals surface area contributed by atoms with Gasteiger partial charge in [0, 0.05) is 4.47 Å². The Morgan fingerprint density at radius 1 is 1.50 bits per heavy atom. The van der Waals surface area contributed by atoms with E-state index in [4.69, 9.17) is 5.11 Å². The summed E-state index contributed by atoms with van der Waals surface area (Å²) in [6.07, 6.45) is 0. The Bertz CT molecular complexity index is 419. The highest BCUT2D eigenvalue weighted by Gasteiger charge is 2.10. The Kier molecular flexibility index (Phi) is 4.45. The van der Waals surface area contributed by atoms with Crippen LogP contribution in [-0.2, 0) is 9.63 Å². The summed E-state index contributed by atoms with van der Waals surface area (Å²) in [5.74, 6) is -1.64. The second kappa shape index (κ2) is 5.62. The van der Waals surface area contributed by atoms with Gasteiger partial charge >= 0.3 is 5.97 Å². The highest BCUT2D eigenvalue weighted by atomic mass is 79.9. The molecule has 0 saturated heterocycles. The largest absolute Gasteiger partial charge is 0.479 e.